The number of fused-ring (bicyclic) bond motifs is 1. The summed E-state index contributed by atoms with van der Waals surface area (Å²) in [4.78, 5) is 9.19. The number of nitrogens with zero attached hydrogens (tertiary/aromatic N) is 3. The van der Waals surface area contributed by atoms with Gasteiger partial charge in [0.1, 0.15) is 11.3 Å². The van der Waals surface area contributed by atoms with Crippen molar-refractivity contribution in [1.82, 2.24) is 14.5 Å². The highest BCUT2D eigenvalue weighted by atomic mass is 35.5. The number of aromatic nitrogens is 3. The lowest BCUT2D eigenvalue weighted by Gasteiger charge is -2.19. The Morgan fingerprint density at radius 2 is 2.25 bits per heavy atom. The maximum absolute atomic E-state index is 6.02. The number of alkyl halides is 1. The Hall–Kier alpha value is -0.800. The van der Waals surface area contributed by atoms with E-state index in [1.807, 2.05) is 6.07 Å². The Bertz CT molecular complexity index is 633. The maximum Gasteiger partial charge on any atom is 0.160 e. The van der Waals surface area contributed by atoms with Crippen molar-refractivity contribution < 1.29 is 0 Å². The molecule has 0 aliphatic heterocycles. The molecular weight excluding hydrogens is 293 g/mol. The SMILES string of the molecule is CC1(C)CCC(n2c(CCCl)nc3cc(Cl)cnc32)C1. The molecular formula is C15H19Cl2N3. The third-order valence-corrected chi connectivity index (χ3v) is 4.59. The van der Waals surface area contributed by atoms with Gasteiger partial charge in [0, 0.05) is 24.5 Å². The van der Waals surface area contributed by atoms with Crippen molar-refractivity contribution in [2.24, 2.45) is 5.41 Å². The summed E-state index contributed by atoms with van der Waals surface area (Å²) >= 11 is 12.0. The van der Waals surface area contributed by atoms with Crippen LogP contribution in [-0.2, 0) is 6.42 Å². The smallest absolute Gasteiger partial charge is 0.160 e. The Morgan fingerprint density at radius 3 is 2.90 bits per heavy atom. The zero-order valence-electron chi connectivity index (χ0n) is 11.9. The van der Waals surface area contributed by atoms with E-state index in [0.29, 0.717) is 22.4 Å². The van der Waals surface area contributed by atoms with Crippen LogP contribution >= 0.6 is 23.2 Å². The molecule has 1 unspecified atom stereocenters. The third kappa shape index (κ3) is 2.53. The summed E-state index contributed by atoms with van der Waals surface area (Å²) in [7, 11) is 0. The minimum absolute atomic E-state index is 0.395. The zero-order valence-corrected chi connectivity index (χ0v) is 13.4. The van der Waals surface area contributed by atoms with E-state index in [2.05, 4.69) is 28.4 Å². The molecule has 2 aromatic heterocycles. The Morgan fingerprint density at radius 1 is 1.45 bits per heavy atom. The summed E-state index contributed by atoms with van der Waals surface area (Å²) < 4.78 is 2.29. The van der Waals surface area contributed by atoms with Gasteiger partial charge in [-0.05, 0) is 30.7 Å². The highest BCUT2D eigenvalue weighted by Gasteiger charge is 2.34. The molecule has 3 nitrogen and oxygen atoms in total. The van der Waals surface area contributed by atoms with Crippen molar-refractivity contribution in [1.29, 1.82) is 0 Å². The molecule has 1 atom stereocenters. The van der Waals surface area contributed by atoms with Crippen LogP contribution < -0.4 is 0 Å². The molecule has 0 N–H and O–H groups in total. The van der Waals surface area contributed by atoms with E-state index in [9.17, 15) is 0 Å². The number of halogens is 2. The van der Waals surface area contributed by atoms with Crippen molar-refractivity contribution in [3.05, 3.63) is 23.1 Å². The Balaban J connectivity index is 2.09. The molecule has 2 heterocycles. The molecule has 3 rings (SSSR count). The van der Waals surface area contributed by atoms with E-state index in [-0.39, 0.29) is 0 Å². The molecule has 0 bridgehead atoms. The fourth-order valence-corrected chi connectivity index (χ4v) is 3.59. The molecule has 1 aliphatic rings. The predicted octanol–water partition coefficient (Wildman–Crippen LogP) is 4.62. The van der Waals surface area contributed by atoms with Gasteiger partial charge in [-0.1, -0.05) is 25.4 Å². The van der Waals surface area contributed by atoms with Gasteiger partial charge >= 0.3 is 0 Å². The van der Waals surface area contributed by atoms with E-state index in [4.69, 9.17) is 23.2 Å². The number of aryl methyl sites for hydroxylation is 1. The zero-order chi connectivity index (χ0) is 14.3. The van der Waals surface area contributed by atoms with Crippen LogP contribution in [0.25, 0.3) is 11.2 Å². The van der Waals surface area contributed by atoms with Crippen LogP contribution in [0.15, 0.2) is 12.3 Å². The molecule has 108 valence electrons. The van der Waals surface area contributed by atoms with Crippen molar-refractivity contribution in [3.63, 3.8) is 0 Å². The highest BCUT2D eigenvalue weighted by Crippen LogP contribution is 2.44. The van der Waals surface area contributed by atoms with Crippen LogP contribution in [-0.4, -0.2) is 20.4 Å². The molecule has 1 saturated carbocycles. The molecule has 1 fully saturated rings. The standard InChI is InChI=1S/C15H19Cl2N3/c1-15(2)5-3-11(8-15)20-13(4-6-16)19-12-7-10(17)9-18-14(12)20/h7,9,11H,3-6,8H2,1-2H3. The number of imidazole rings is 1. The quantitative estimate of drug-likeness (QED) is 0.774. The monoisotopic (exact) mass is 311 g/mol. The van der Waals surface area contributed by atoms with E-state index in [1.54, 1.807) is 6.20 Å². The van der Waals surface area contributed by atoms with E-state index < -0.39 is 0 Å². The molecule has 0 radical (unpaired) electrons. The fourth-order valence-electron chi connectivity index (χ4n) is 3.27. The number of rotatable bonds is 3. The average Bonchev–Trinajstić information content (AvgIpc) is 2.89. The van der Waals surface area contributed by atoms with Crippen LogP contribution in [0, 0.1) is 5.41 Å². The lowest BCUT2D eigenvalue weighted by atomic mass is 9.92. The minimum Gasteiger partial charge on any atom is -0.310 e. The molecule has 0 saturated heterocycles. The summed E-state index contributed by atoms with van der Waals surface area (Å²) in [6, 6.07) is 2.36. The van der Waals surface area contributed by atoms with Crippen molar-refractivity contribution in [3.8, 4) is 0 Å². The second kappa shape index (κ2) is 5.19. The third-order valence-electron chi connectivity index (χ3n) is 4.20. The van der Waals surface area contributed by atoms with Gasteiger partial charge in [-0.3, -0.25) is 0 Å². The van der Waals surface area contributed by atoms with Gasteiger partial charge in [0.2, 0.25) is 0 Å². The van der Waals surface area contributed by atoms with Gasteiger partial charge in [0.15, 0.2) is 5.65 Å². The predicted molar refractivity (Wildman–Crippen MR) is 83.6 cm³/mol. The molecule has 20 heavy (non-hydrogen) atoms. The van der Waals surface area contributed by atoms with Gasteiger partial charge in [0.05, 0.1) is 5.02 Å². The van der Waals surface area contributed by atoms with Crippen LogP contribution in [0.5, 0.6) is 0 Å². The topological polar surface area (TPSA) is 30.7 Å². The summed E-state index contributed by atoms with van der Waals surface area (Å²) in [5, 5.41) is 0.631. The highest BCUT2D eigenvalue weighted by molar-refractivity contribution is 6.31. The Labute approximate surface area is 129 Å². The van der Waals surface area contributed by atoms with Crippen LogP contribution in [0.1, 0.15) is 45.0 Å². The van der Waals surface area contributed by atoms with Crippen molar-refractivity contribution in [2.75, 3.05) is 5.88 Å². The first-order valence-corrected chi connectivity index (χ1v) is 8.00. The number of hydrogen-bond acceptors (Lipinski definition) is 2. The van der Waals surface area contributed by atoms with Gasteiger partial charge in [-0.25, -0.2) is 9.97 Å². The van der Waals surface area contributed by atoms with Crippen molar-refractivity contribution in [2.45, 2.75) is 45.6 Å². The summed E-state index contributed by atoms with van der Waals surface area (Å²) in [6.07, 6.45) is 6.06. The molecule has 1 aliphatic carbocycles. The van der Waals surface area contributed by atoms with E-state index in [0.717, 1.165) is 29.8 Å². The normalized spacial score (nSPS) is 21.7. The summed E-state index contributed by atoms with van der Waals surface area (Å²) in [6.45, 7) is 4.66. The number of pyridine rings is 1. The fraction of sp³-hybridized carbons (Fsp3) is 0.600. The molecule has 5 heteroatoms. The van der Waals surface area contributed by atoms with Crippen molar-refractivity contribution >= 4 is 34.4 Å². The van der Waals surface area contributed by atoms with Gasteiger partial charge in [-0.2, -0.15) is 0 Å². The largest absolute Gasteiger partial charge is 0.310 e. The first kappa shape index (κ1) is 14.2. The van der Waals surface area contributed by atoms with Crippen LogP contribution in [0.3, 0.4) is 0 Å². The lowest BCUT2D eigenvalue weighted by Crippen LogP contribution is -2.13. The van der Waals surface area contributed by atoms with Crippen LogP contribution in [0.4, 0.5) is 0 Å². The minimum atomic E-state index is 0.395. The van der Waals surface area contributed by atoms with Gasteiger partial charge in [-0.15, -0.1) is 11.6 Å². The van der Waals surface area contributed by atoms with Crippen LogP contribution in [0.2, 0.25) is 5.02 Å². The lowest BCUT2D eigenvalue weighted by molar-refractivity contribution is 0.358. The second-order valence-corrected chi connectivity index (χ2v) is 7.21. The number of hydrogen-bond donors (Lipinski definition) is 0. The van der Waals surface area contributed by atoms with Gasteiger partial charge < -0.3 is 4.57 Å². The average molecular weight is 312 g/mol. The van der Waals surface area contributed by atoms with E-state index >= 15 is 0 Å². The summed E-state index contributed by atoms with van der Waals surface area (Å²) in [5.74, 6) is 1.61. The Kier molecular flexibility index (Phi) is 3.67. The first-order chi connectivity index (χ1) is 9.50. The first-order valence-electron chi connectivity index (χ1n) is 7.08. The molecule has 0 aromatic carbocycles. The maximum atomic E-state index is 6.02. The second-order valence-electron chi connectivity index (χ2n) is 6.39. The molecule has 0 spiro atoms. The molecule has 2 aromatic rings. The molecule has 0 amide bonds. The van der Waals surface area contributed by atoms with Gasteiger partial charge in [0.25, 0.3) is 0 Å². The van der Waals surface area contributed by atoms with E-state index in [1.165, 1.54) is 12.8 Å². The summed E-state index contributed by atoms with van der Waals surface area (Å²) in [5.41, 5.74) is 2.21.